The van der Waals surface area contributed by atoms with Gasteiger partial charge >= 0.3 is 5.97 Å². The topological polar surface area (TPSA) is 66.8 Å². The molecule has 0 aromatic heterocycles. The summed E-state index contributed by atoms with van der Waals surface area (Å²) in [5, 5.41) is 18.1. The summed E-state index contributed by atoms with van der Waals surface area (Å²) in [5.74, 6) is -0.924. The van der Waals surface area contributed by atoms with Gasteiger partial charge in [0.2, 0.25) is 0 Å². The summed E-state index contributed by atoms with van der Waals surface area (Å²) in [6.07, 6.45) is 0. The van der Waals surface area contributed by atoms with Crippen molar-refractivity contribution >= 4 is 21.9 Å². The van der Waals surface area contributed by atoms with Crippen molar-refractivity contribution in [3.8, 4) is 11.5 Å². The number of phenolic OH excluding ortho intramolecular Hbond substituents is 1. The van der Waals surface area contributed by atoms with Gasteiger partial charge in [-0.15, -0.1) is 0 Å². The first-order chi connectivity index (χ1) is 6.56. The van der Waals surface area contributed by atoms with E-state index in [0.29, 0.717) is 16.8 Å². The molecule has 0 saturated heterocycles. The first-order valence-electron chi connectivity index (χ1n) is 3.94. The SMILES string of the molecule is CCOc1cc(C(=O)O)cc(O)c1Br. The number of carboxylic acid groups (broad SMARTS) is 1. The van der Waals surface area contributed by atoms with Gasteiger partial charge in [0, 0.05) is 0 Å². The highest BCUT2D eigenvalue weighted by Gasteiger charge is 2.12. The molecule has 1 aromatic rings. The Morgan fingerprint density at radius 2 is 2.21 bits per heavy atom. The molecule has 0 aliphatic carbocycles. The van der Waals surface area contributed by atoms with Crippen LogP contribution in [-0.2, 0) is 0 Å². The van der Waals surface area contributed by atoms with Gasteiger partial charge in [0.15, 0.2) is 0 Å². The van der Waals surface area contributed by atoms with Gasteiger partial charge < -0.3 is 14.9 Å². The summed E-state index contributed by atoms with van der Waals surface area (Å²) in [6, 6.07) is 2.52. The first kappa shape index (κ1) is 10.8. The molecule has 14 heavy (non-hydrogen) atoms. The van der Waals surface area contributed by atoms with E-state index in [0.717, 1.165) is 6.07 Å². The van der Waals surface area contributed by atoms with E-state index in [1.807, 2.05) is 0 Å². The molecule has 4 nitrogen and oxygen atoms in total. The summed E-state index contributed by atoms with van der Waals surface area (Å²) in [5.41, 5.74) is -0.00542. The number of rotatable bonds is 3. The summed E-state index contributed by atoms with van der Waals surface area (Å²) < 4.78 is 5.50. The molecule has 0 fully saturated rings. The Balaban J connectivity index is 3.20. The van der Waals surface area contributed by atoms with Crippen LogP contribution in [-0.4, -0.2) is 22.8 Å². The first-order valence-corrected chi connectivity index (χ1v) is 4.74. The molecule has 0 radical (unpaired) electrons. The summed E-state index contributed by atoms with van der Waals surface area (Å²) in [6.45, 7) is 2.18. The van der Waals surface area contributed by atoms with Crippen LogP contribution in [0.5, 0.6) is 11.5 Å². The lowest BCUT2D eigenvalue weighted by atomic mass is 10.2. The van der Waals surface area contributed by atoms with Crippen molar-refractivity contribution in [3.63, 3.8) is 0 Å². The average molecular weight is 261 g/mol. The van der Waals surface area contributed by atoms with Crippen LogP contribution in [0.15, 0.2) is 16.6 Å². The average Bonchev–Trinajstić information content (AvgIpc) is 2.12. The predicted octanol–water partition coefficient (Wildman–Crippen LogP) is 2.25. The second-order valence-corrected chi connectivity index (χ2v) is 3.34. The maximum absolute atomic E-state index is 10.6. The van der Waals surface area contributed by atoms with Gasteiger partial charge in [0.25, 0.3) is 0 Å². The standard InChI is InChI=1S/C9H9BrO4/c1-2-14-7-4-5(9(12)13)3-6(11)8(7)10/h3-4,11H,2H2,1H3,(H,12,13). The normalized spacial score (nSPS) is 9.86. The van der Waals surface area contributed by atoms with Gasteiger partial charge in [0.1, 0.15) is 16.0 Å². The molecule has 0 aliphatic heterocycles. The second-order valence-electron chi connectivity index (χ2n) is 2.55. The third kappa shape index (κ3) is 2.17. The van der Waals surface area contributed by atoms with E-state index in [4.69, 9.17) is 9.84 Å². The number of hydrogen-bond donors (Lipinski definition) is 2. The van der Waals surface area contributed by atoms with E-state index >= 15 is 0 Å². The molecule has 0 heterocycles. The molecular formula is C9H9BrO4. The summed E-state index contributed by atoms with van der Waals surface area (Å²) in [7, 11) is 0. The number of hydrogen-bond acceptors (Lipinski definition) is 3. The van der Waals surface area contributed by atoms with Crippen LogP contribution in [0, 0.1) is 0 Å². The third-order valence-corrected chi connectivity index (χ3v) is 2.36. The molecule has 0 aliphatic rings. The number of ether oxygens (including phenoxy) is 1. The highest BCUT2D eigenvalue weighted by molar-refractivity contribution is 9.10. The molecule has 1 rings (SSSR count). The van der Waals surface area contributed by atoms with Gasteiger partial charge in [-0.25, -0.2) is 4.79 Å². The number of halogens is 1. The third-order valence-electron chi connectivity index (χ3n) is 1.57. The van der Waals surface area contributed by atoms with Crippen molar-refractivity contribution in [1.82, 2.24) is 0 Å². The fourth-order valence-electron chi connectivity index (χ4n) is 0.967. The lowest BCUT2D eigenvalue weighted by Crippen LogP contribution is -1.99. The van der Waals surface area contributed by atoms with Crippen LogP contribution in [0.25, 0.3) is 0 Å². The van der Waals surface area contributed by atoms with Crippen molar-refractivity contribution in [1.29, 1.82) is 0 Å². The summed E-state index contributed by atoms with van der Waals surface area (Å²) in [4.78, 5) is 10.6. The second kappa shape index (κ2) is 4.32. The molecule has 0 spiro atoms. The van der Waals surface area contributed by atoms with Crippen LogP contribution in [0.2, 0.25) is 0 Å². The van der Waals surface area contributed by atoms with Gasteiger partial charge in [-0.05, 0) is 35.0 Å². The number of carbonyl (C=O) groups is 1. The van der Waals surface area contributed by atoms with Crippen molar-refractivity contribution in [2.24, 2.45) is 0 Å². The van der Waals surface area contributed by atoms with E-state index in [1.54, 1.807) is 6.92 Å². The largest absolute Gasteiger partial charge is 0.507 e. The maximum Gasteiger partial charge on any atom is 0.335 e. The predicted molar refractivity (Wildman–Crippen MR) is 53.9 cm³/mol. The molecule has 5 heteroatoms. The number of aromatic carboxylic acids is 1. The Bertz CT molecular complexity index is 362. The molecule has 0 atom stereocenters. The monoisotopic (exact) mass is 260 g/mol. The Kier molecular flexibility index (Phi) is 3.35. The lowest BCUT2D eigenvalue weighted by molar-refractivity contribution is 0.0696. The lowest BCUT2D eigenvalue weighted by Gasteiger charge is -2.08. The Labute approximate surface area is 89.3 Å². The summed E-state index contributed by atoms with van der Waals surface area (Å²) >= 11 is 3.10. The maximum atomic E-state index is 10.6. The minimum Gasteiger partial charge on any atom is -0.507 e. The van der Waals surface area contributed by atoms with E-state index in [2.05, 4.69) is 15.9 Å². The van der Waals surface area contributed by atoms with Crippen LogP contribution < -0.4 is 4.74 Å². The van der Waals surface area contributed by atoms with E-state index < -0.39 is 5.97 Å². The number of carboxylic acids is 1. The zero-order chi connectivity index (χ0) is 10.7. The zero-order valence-corrected chi connectivity index (χ0v) is 9.04. The van der Waals surface area contributed by atoms with E-state index in [-0.39, 0.29) is 11.3 Å². The highest BCUT2D eigenvalue weighted by atomic mass is 79.9. The molecule has 0 amide bonds. The quantitative estimate of drug-likeness (QED) is 0.875. The highest BCUT2D eigenvalue weighted by Crippen LogP contribution is 2.34. The smallest absolute Gasteiger partial charge is 0.335 e. The van der Waals surface area contributed by atoms with E-state index in [1.165, 1.54) is 6.07 Å². The van der Waals surface area contributed by atoms with Crippen molar-refractivity contribution in [2.45, 2.75) is 6.92 Å². The number of aromatic hydroxyl groups is 1. The van der Waals surface area contributed by atoms with Gasteiger partial charge in [-0.1, -0.05) is 0 Å². The Hall–Kier alpha value is -1.23. The number of benzene rings is 1. The molecule has 76 valence electrons. The van der Waals surface area contributed by atoms with Gasteiger partial charge in [0.05, 0.1) is 12.2 Å². The molecule has 2 N–H and O–H groups in total. The number of phenols is 1. The molecule has 1 aromatic carbocycles. The zero-order valence-electron chi connectivity index (χ0n) is 7.45. The van der Waals surface area contributed by atoms with Gasteiger partial charge in [-0.2, -0.15) is 0 Å². The fraction of sp³-hybridized carbons (Fsp3) is 0.222. The molecule has 0 bridgehead atoms. The fourth-order valence-corrected chi connectivity index (χ4v) is 1.31. The van der Waals surface area contributed by atoms with E-state index in [9.17, 15) is 9.90 Å². The van der Waals surface area contributed by atoms with Crippen LogP contribution >= 0.6 is 15.9 Å². The molecule has 0 unspecified atom stereocenters. The van der Waals surface area contributed by atoms with Crippen molar-refractivity contribution < 1.29 is 19.7 Å². The van der Waals surface area contributed by atoms with Crippen LogP contribution in [0.3, 0.4) is 0 Å². The molecule has 0 saturated carbocycles. The Morgan fingerprint density at radius 1 is 1.57 bits per heavy atom. The van der Waals surface area contributed by atoms with Gasteiger partial charge in [-0.3, -0.25) is 0 Å². The van der Waals surface area contributed by atoms with Crippen LogP contribution in [0.1, 0.15) is 17.3 Å². The van der Waals surface area contributed by atoms with Crippen LogP contribution in [0.4, 0.5) is 0 Å². The van der Waals surface area contributed by atoms with Crippen molar-refractivity contribution in [2.75, 3.05) is 6.61 Å². The minimum absolute atomic E-state index is 0.00542. The van der Waals surface area contributed by atoms with Crippen molar-refractivity contribution in [3.05, 3.63) is 22.2 Å². The Morgan fingerprint density at radius 3 is 2.71 bits per heavy atom. The minimum atomic E-state index is -1.10. The molecular weight excluding hydrogens is 252 g/mol.